The minimum absolute atomic E-state index is 0.00522. The third kappa shape index (κ3) is 3.29. The number of nitrogens with one attached hydrogen (secondary N) is 2. The molecule has 10 heteroatoms. The van der Waals surface area contributed by atoms with E-state index in [0.717, 1.165) is 6.07 Å². The fourth-order valence-electron chi connectivity index (χ4n) is 2.06. The van der Waals surface area contributed by atoms with E-state index in [1.165, 1.54) is 4.90 Å². The van der Waals surface area contributed by atoms with Gasteiger partial charge in [0.25, 0.3) is 5.56 Å². The van der Waals surface area contributed by atoms with E-state index < -0.39 is 27.2 Å². The van der Waals surface area contributed by atoms with Crippen LogP contribution in [0.1, 0.15) is 6.42 Å². The van der Waals surface area contributed by atoms with Gasteiger partial charge in [-0.15, -0.1) is 0 Å². The molecule has 1 aromatic rings. The van der Waals surface area contributed by atoms with Crippen LogP contribution in [0.15, 0.2) is 15.7 Å². The first-order chi connectivity index (χ1) is 8.74. The molecule has 0 aromatic carbocycles. The Balaban J connectivity index is 2.25. The maximum absolute atomic E-state index is 11.7. The van der Waals surface area contributed by atoms with Gasteiger partial charge in [0.1, 0.15) is 5.82 Å². The molecule has 0 radical (unpaired) electrons. The second kappa shape index (κ2) is 4.63. The summed E-state index contributed by atoms with van der Waals surface area (Å²) < 4.78 is 22.0. The van der Waals surface area contributed by atoms with Crippen molar-refractivity contribution in [2.45, 2.75) is 6.42 Å². The largest absolute Gasteiger partial charge is 0.327 e. The second-order valence-electron chi connectivity index (χ2n) is 4.38. The predicted octanol–water partition coefficient (Wildman–Crippen LogP) is -2.30. The van der Waals surface area contributed by atoms with Crippen LogP contribution >= 0.6 is 0 Å². The quantitative estimate of drug-likeness (QED) is 0.572. The first-order valence-corrected chi connectivity index (χ1v) is 7.10. The minimum Gasteiger partial charge on any atom is -0.298 e. The van der Waals surface area contributed by atoms with E-state index in [2.05, 4.69) is 4.98 Å². The molecule has 9 nitrogen and oxygen atoms in total. The summed E-state index contributed by atoms with van der Waals surface area (Å²) in [4.78, 5) is 39.5. The van der Waals surface area contributed by atoms with Crippen LogP contribution in [0.2, 0.25) is 0 Å². The average molecular weight is 288 g/mol. The molecule has 0 bridgehead atoms. The summed E-state index contributed by atoms with van der Waals surface area (Å²) >= 11 is 0. The van der Waals surface area contributed by atoms with Crippen molar-refractivity contribution in [1.82, 2.24) is 9.97 Å². The highest BCUT2D eigenvalue weighted by Crippen LogP contribution is 2.22. The van der Waals surface area contributed by atoms with Crippen molar-refractivity contribution >= 4 is 21.7 Å². The SMILES string of the molecule is NS(=O)(=O)CC1CC(=O)N(c2cc(=O)[nH]c(=O)[nH]2)C1. The van der Waals surface area contributed by atoms with Gasteiger partial charge >= 0.3 is 5.69 Å². The number of primary sulfonamides is 1. The Bertz CT molecular complexity index is 690. The van der Waals surface area contributed by atoms with E-state index in [4.69, 9.17) is 5.14 Å². The molecule has 104 valence electrons. The van der Waals surface area contributed by atoms with E-state index >= 15 is 0 Å². The molecule has 2 heterocycles. The third-order valence-electron chi connectivity index (χ3n) is 2.71. The van der Waals surface area contributed by atoms with Crippen LogP contribution in [-0.4, -0.2) is 36.6 Å². The van der Waals surface area contributed by atoms with Crippen LogP contribution in [0.3, 0.4) is 0 Å². The Morgan fingerprint density at radius 1 is 1.32 bits per heavy atom. The number of hydrogen-bond donors (Lipinski definition) is 3. The lowest BCUT2D eigenvalue weighted by Crippen LogP contribution is -2.32. The van der Waals surface area contributed by atoms with Crippen molar-refractivity contribution in [3.05, 3.63) is 26.9 Å². The molecule has 1 unspecified atom stereocenters. The molecule has 1 aliphatic rings. The standard InChI is InChI=1S/C9H12N4O5S/c10-19(17,18)4-5-1-8(15)13(3-5)6-2-7(14)12-9(16)11-6/h2,5H,1,3-4H2,(H2,10,17,18)(H2,11,12,14,16). The van der Waals surface area contributed by atoms with Crippen molar-refractivity contribution in [1.29, 1.82) is 0 Å². The monoisotopic (exact) mass is 288 g/mol. The van der Waals surface area contributed by atoms with Crippen LogP contribution in [0.4, 0.5) is 5.82 Å². The number of nitrogens with zero attached hydrogens (tertiary/aromatic N) is 1. The van der Waals surface area contributed by atoms with E-state index in [1.807, 2.05) is 4.98 Å². The molecule has 1 aromatic heterocycles. The fraction of sp³-hybridized carbons (Fsp3) is 0.444. The zero-order chi connectivity index (χ0) is 14.2. The number of nitrogens with two attached hydrogens (primary N) is 1. The molecule has 1 amide bonds. The summed E-state index contributed by atoms with van der Waals surface area (Å²) in [6.45, 7) is 0.0919. The molecule has 0 spiro atoms. The van der Waals surface area contributed by atoms with Crippen molar-refractivity contribution < 1.29 is 13.2 Å². The normalized spacial score (nSPS) is 19.9. The third-order valence-corrected chi connectivity index (χ3v) is 3.65. The van der Waals surface area contributed by atoms with Gasteiger partial charge in [-0.05, 0) is 0 Å². The van der Waals surface area contributed by atoms with Gasteiger partial charge in [-0.25, -0.2) is 18.4 Å². The first-order valence-electron chi connectivity index (χ1n) is 5.39. The van der Waals surface area contributed by atoms with Crippen molar-refractivity contribution in [2.75, 3.05) is 17.2 Å². The molecule has 1 saturated heterocycles. The van der Waals surface area contributed by atoms with Crippen LogP contribution in [-0.2, 0) is 14.8 Å². The van der Waals surface area contributed by atoms with Gasteiger partial charge in [0.2, 0.25) is 15.9 Å². The zero-order valence-corrected chi connectivity index (χ0v) is 10.6. The van der Waals surface area contributed by atoms with Crippen LogP contribution in [0.25, 0.3) is 0 Å². The maximum Gasteiger partial charge on any atom is 0.327 e. The number of aromatic amines is 2. The molecular weight excluding hydrogens is 276 g/mol. The fourth-order valence-corrected chi connectivity index (χ4v) is 2.94. The summed E-state index contributed by atoms with van der Waals surface area (Å²) in [5.41, 5.74) is -1.37. The van der Waals surface area contributed by atoms with Gasteiger partial charge in [0.15, 0.2) is 0 Å². The first kappa shape index (κ1) is 13.5. The summed E-state index contributed by atoms with van der Waals surface area (Å²) in [5, 5.41) is 4.92. The summed E-state index contributed by atoms with van der Waals surface area (Å²) in [7, 11) is -3.67. The molecule has 19 heavy (non-hydrogen) atoms. The number of carbonyl (C=O) groups is 1. The molecule has 1 aliphatic heterocycles. The molecule has 0 aliphatic carbocycles. The molecule has 1 atom stereocenters. The predicted molar refractivity (Wildman–Crippen MR) is 66.1 cm³/mol. The van der Waals surface area contributed by atoms with Gasteiger partial charge in [-0.3, -0.25) is 24.5 Å². The number of carbonyl (C=O) groups excluding carboxylic acids is 1. The van der Waals surface area contributed by atoms with Gasteiger partial charge in [-0.1, -0.05) is 0 Å². The van der Waals surface area contributed by atoms with Gasteiger partial charge in [-0.2, -0.15) is 0 Å². The number of H-pyrrole nitrogens is 2. The lowest BCUT2D eigenvalue weighted by Gasteiger charge is -2.15. The van der Waals surface area contributed by atoms with Gasteiger partial charge < -0.3 is 0 Å². The molecule has 2 rings (SSSR count). The number of sulfonamides is 1. The number of hydrogen-bond acceptors (Lipinski definition) is 5. The smallest absolute Gasteiger partial charge is 0.298 e. The molecule has 0 saturated carbocycles. The summed E-state index contributed by atoms with van der Waals surface area (Å²) in [5.74, 6) is -1.08. The zero-order valence-electron chi connectivity index (χ0n) is 9.75. The minimum atomic E-state index is -3.67. The number of anilines is 1. The number of amides is 1. The Kier molecular flexibility index (Phi) is 3.28. The highest BCUT2D eigenvalue weighted by Gasteiger charge is 2.33. The Labute approximate surface area is 107 Å². The van der Waals surface area contributed by atoms with Crippen molar-refractivity contribution in [3.63, 3.8) is 0 Å². The van der Waals surface area contributed by atoms with Crippen LogP contribution in [0, 0.1) is 5.92 Å². The van der Waals surface area contributed by atoms with E-state index in [-0.39, 0.29) is 30.4 Å². The average Bonchev–Trinajstić information content (AvgIpc) is 2.54. The second-order valence-corrected chi connectivity index (χ2v) is 6.04. The summed E-state index contributed by atoms with van der Waals surface area (Å²) in [6.07, 6.45) is 0.00522. The lowest BCUT2D eigenvalue weighted by atomic mass is 10.1. The van der Waals surface area contributed by atoms with Crippen LogP contribution in [0.5, 0.6) is 0 Å². The van der Waals surface area contributed by atoms with Gasteiger partial charge in [0, 0.05) is 24.9 Å². The highest BCUT2D eigenvalue weighted by molar-refractivity contribution is 7.89. The van der Waals surface area contributed by atoms with E-state index in [9.17, 15) is 22.8 Å². The number of aromatic nitrogens is 2. The summed E-state index contributed by atoms with van der Waals surface area (Å²) in [6, 6.07) is 1.07. The van der Waals surface area contributed by atoms with Gasteiger partial charge in [0.05, 0.1) is 5.75 Å². The lowest BCUT2D eigenvalue weighted by molar-refractivity contribution is -0.117. The van der Waals surface area contributed by atoms with Crippen LogP contribution < -0.4 is 21.3 Å². The topological polar surface area (TPSA) is 146 Å². The Hall–Kier alpha value is -1.94. The highest BCUT2D eigenvalue weighted by atomic mass is 32.2. The molecule has 1 fully saturated rings. The van der Waals surface area contributed by atoms with Crippen molar-refractivity contribution in [3.8, 4) is 0 Å². The Morgan fingerprint density at radius 2 is 2.00 bits per heavy atom. The van der Waals surface area contributed by atoms with E-state index in [1.54, 1.807) is 0 Å². The Morgan fingerprint density at radius 3 is 2.58 bits per heavy atom. The molecular formula is C9H12N4O5S. The van der Waals surface area contributed by atoms with E-state index in [0.29, 0.717) is 0 Å². The molecule has 4 N–H and O–H groups in total. The maximum atomic E-state index is 11.7. The number of rotatable bonds is 3. The van der Waals surface area contributed by atoms with Crippen molar-refractivity contribution in [2.24, 2.45) is 11.1 Å².